The van der Waals surface area contributed by atoms with Crippen molar-refractivity contribution < 1.29 is 4.74 Å². The molecule has 3 rings (SSSR count). The van der Waals surface area contributed by atoms with Gasteiger partial charge in [0.15, 0.2) is 5.96 Å². The van der Waals surface area contributed by atoms with E-state index in [0.717, 1.165) is 51.1 Å². The van der Waals surface area contributed by atoms with E-state index in [2.05, 4.69) is 41.5 Å². The lowest BCUT2D eigenvalue weighted by atomic mass is 9.89. The van der Waals surface area contributed by atoms with Crippen LogP contribution >= 0.6 is 24.0 Å². The molecular formula is C22H44IN5O. The molecule has 29 heavy (non-hydrogen) atoms. The summed E-state index contributed by atoms with van der Waals surface area (Å²) in [7, 11) is 4.37. The molecule has 0 spiro atoms. The molecule has 0 unspecified atom stereocenters. The zero-order chi connectivity index (χ0) is 19.8. The van der Waals surface area contributed by atoms with Crippen LogP contribution in [-0.4, -0.2) is 86.9 Å². The van der Waals surface area contributed by atoms with E-state index in [-0.39, 0.29) is 29.5 Å². The predicted molar refractivity (Wildman–Crippen MR) is 132 cm³/mol. The Hall–Kier alpha value is -0.120. The van der Waals surface area contributed by atoms with Crippen molar-refractivity contribution in [2.75, 3.05) is 53.5 Å². The van der Waals surface area contributed by atoms with Gasteiger partial charge in [-0.2, -0.15) is 0 Å². The van der Waals surface area contributed by atoms with Crippen molar-refractivity contribution in [2.45, 2.75) is 82.3 Å². The fraction of sp³-hybridized carbons (Fsp3) is 0.955. The van der Waals surface area contributed by atoms with Gasteiger partial charge >= 0.3 is 0 Å². The Bertz CT molecular complexity index is 482. The standard InChI is InChI=1S/C22H43N5O.HI/c1-4-23-21(24-18-22(26(2)3)12-16-28-17-13-22)25-19-10-14-27(15-11-19)20-8-6-5-7-9-20;/h19-20H,4-18H2,1-3H3,(H2,23,24,25);1H. The first kappa shape index (κ1) is 25.1. The Morgan fingerprint density at radius 2 is 1.72 bits per heavy atom. The van der Waals surface area contributed by atoms with E-state index in [0.29, 0.717) is 6.04 Å². The molecule has 2 aliphatic heterocycles. The second kappa shape index (κ2) is 12.7. The quantitative estimate of drug-likeness (QED) is 0.320. The highest BCUT2D eigenvalue weighted by Gasteiger charge is 2.35. The van der Waals surface area contributed by atoms with Gasteiger partial charge < -0.3 is 25.2 Å². The zero-order valence-corrected chi connectivity index (χ0v) is 21.2. The molecule has 3 aliphatic rings. The lowest BCUT2D eigenvalue weighted by Crippen LogP contribution is -2.53. The van der Waals surface area contributed by atoms with Gasteiger partial charge in [-0.3, -0.25) is 4.99 Å². The molecular weight excluding hydrogens is 477 g/mol. The van der Waals surface area contributed by atoms with Gasteiger partial charge in [-0.05, 0) is 59.5 Å². The summed E-state index contributed by atoms with van der Waals surface area (Å²) in [6, 6.07) is 1.40. The minimum Gasteiger partial charge on any atom is -0.381 e. The first-order chi connectivity index (χ1) is 13.6. The zero-order valence-electron chi connectivity index (χ0n) is 18.9. The highest BCUT2D eigenvalue weighted by atomic mass is 127. The molecule has 0 bridgehead atoms. The van der Waals surface area contributed by atoms with E-state index in [9.17, 15) is 0 Å². The van der Waals surface area contributed by atoms with Crippen LogP contribution in [0.25, 0.3) is 0 Å². The molecule has 1 saturated carbocycles. The van der Waals surface area contributed by atoms with Crippen molar-refractivity contribution in [1.29, 1.82) is 0 Å². The van der Waals surface area contributed by atoms with Crippen LogP contribution in [0.3, 0.4) is 0 Å². The monoisotopic (exact) mass is 521 g/mol. The van der Waals surface area contributed by atoms with Crippen LogP contribution in [0.15, 0.2) is 4.99 Å². The van der Waals surface area contributed by atoms with Crippen molar-refractivity contribution in [1.82, 2.24) is 20.4 Å². The number of likely N-dealkylation sites (tertiary alicyclic amines) is 1. The fourth-order valence-corrected chi connectivity index (χ4v) is 5.09. The van der Waals surface area contributed by atoms with Crippen LogP contribution in [0, 0.1) is 0 Å². The molecule has 0 radical (unpaired) electrons. The van der Waals surface area contributed by atoms with Crippen LogP contribution in [0.2, 0.25) is 0 Å². The minimum atomic E-state index is 0. The van der Waals surface area contributed by atoms with Gasteiger partial charge in [0.25, 0.3) is 0 Å². The van der Waals surface area contributed by atoms with Gasteiger partial charge in [0.05, 0.1) is 6.54 Å². The number of likely N-dealkylation sites (N-methyl/N-ethyl adjacent to an activating group) is 1. The van der Waals surface area contributed by atoms with E-state index >= 15 is 0 Å². The van der Waals surface area contributed by atoms with Gasteiger partial charge in [0.2, 0.25) is 0 Å². The van der Waals surface area contributed by atoms with Crippen LogP contribution in [0.5, 0.6) is 0 Å². The third kappa shape index (κ3) is 7.21. The number of hydrogen-bond donors (Lipinski definition) is 2. The molecule has 170 valence electrons. The number of ether oxygens (including phenoxy) is 1. The number of guanidine groups is 1. The number of halogens is 1. The highest BCUT2D eigenvalue weighted by molar-refractivity contribution is 14.0. The molecule has 0 atom stereocenters. The Morgan fingerprint density at radius 3 is 2.31 bits per heavy atom. The lowest BCUT2D eigenvalue weighted by molar-refractivity contribution is -0.00256. The average Bonchev–Trinajstić information content (AvgIpc) is 2.74. The number of aliphatic imine (C=N–C) groups is 1. The first-order valence-corrected chi connectivity index (χ1v) is 11.7. The normalized spacial score (nSPS) is 24.9. The third-order valence-electron chi connectivity index (χ3n) is 7.21. The molecule has 2 N–H and O–H groups in total. The summed E-state index contributed by atoms with van der Waals surface area (Å²) in [6.07, 6.45) is 11.7. The fourth-order valence-electron chi connectivity index (χ4n) is 5.09. The second-order valence-corrected chi connectivity index (χ2v) is 9.17. The van der Waals surface area contributed by atoms with Crippen molar-refractivity contribution in [3.63, 3.8) is 0 Å². The molecule has 0 amide bonds. The molecule has 6 nitrogen and oxygen atoms in total. The molecule has 0 aromatic rings. The van der Waals surface area contributed by atoms with Crippen LogP contribution in [0.4, 0.5) is 0 Å². The summed E-state index contributed by atoms with van der Waals surface area (Å²) in [5.41, 5.74) is 0.130. The van der Waals surface area contributed by atoms with E-state index in [1.54, 1.807) is 0 Å². The largest absolute Gasteiger partial charge is 0.381 e. The smallest absolute Gasteiger partial charge is 0.191 e. The maximum absolute atomic E-state index is 5.60. The predicted octanol–water partition coefficient (Wildman–Crippen LogP) is 3.07. The maximum Gasteiger partial charge on any atom is 0.191 e. The number of nitrogens with zero attached hydrogens (tertiary/aromatic N) is 3. The summed E-state index contributed by atoms with van der Waals surface area (Å²) < 4.78 is 5.60. The third-order valence-corrected chi connectivity index (χ3v) is 7.21. The molecule has 0 aromatic carbocycles. The first-order valence-electron chi connectivity index (χ1n) is 11.7. The van der Waals surface area contributed by atoms with Crippen molar-refractivity contribution in [3.8, 4) is 0 Å². The van der Waals surface area contributed by atoms with Crippen LogP contribution in [0.1, 0.15) is 64.7 Å². The SMILES string of the molecule is CCNC(=NCC1(N(C)C)CCOCC1)NC1CCN(C2CCCCC2)CC1.I. The number of rotatable bonds is 6. The van der Waals surface area contributed by atoms with Gasteiger partial charge in [-0.15, -0.1) is 24.0 Å². The van der Waals surface area contributed by atoms with Gasteiger partial charge in [0.1, 0.15) is 0 Å². The molecule has 0 aromatic heterocycles. The Morgan fingerprint density at radius 1 is 1.07 bits per heavy atom. The summed E-state index contributed by atoms with van der Waals surface area (Å²) in [4.78, 5) is 10.1. The van der Waals surface area contributed by atoms with E-state index < -0.39 is 0 Å². The molecule has 3 fully saturated rings. The Labute approximate surface area is 195 Å². The van der Waals surface area contributed by atoms with Gasteiger partial charge in [0, 0.05) is 50.5 Å². The van der Waals surface area contributed by atoms with Crippen LogP contribution in [-0.2, 0) is 4.74 Å². The number of piperidine rings is 1. The van der Waals surface area contributed by atoms with E-state index in [4.69, 9.17) is 9.73 Å². The molecule has 1 aliphatic carbocycles. The number of nitrogens with one attached hydrogen (secondary N) is 2. The summed E-state index contributed by atoms with van der Waals surface area (Å²) in [5.74, 6) is 0.992. The summed E-state index contributed by atoms with van der Waals surface area (Å²) in [5, 5.41) is 7.21. The van der Waals surface area contributed by atoms with E-state index in [1.165, 1.54) is 58.0 Å². The van der Waals surface area contributed by atoms with Gasteiger partial charge in [-0.1, -0.05) is 19.3 Å². The van der Waals surface area contributed by atoms with E-state index in [1.807, 2.05) is 0 Å². The van der Waals surface area contributed by atoms with Gasteiger partial charge in [-0.25, -0.2) is 0 Å². The summed E-state index contributed by atoms with van der Waals surface area (Å²) in [6.45, 7) is 8.06. The van der Waals surface area contributed by atoms with Crippen molar-refractivity contribution in [3.05, 3.63) is 0 Å². The lowest BCUT2D eigenvalue weighted by Gasteiger charge is -2.42. The Kier molecular flexibility index (Phi) is 11.0. The maximum atomic E-state index is 5.60. The average molecular weight is 522 g/mol. The minimum absolute atomic E-state index is 0. The summed E-state index contributed by atoms with van der Waals surface area (Å²) >= 11 is 0. The van der Waals surface area contributed by atoms with Crippen LogP contribution < -0.4 is 10.6 Å². The van der Waals surface area contributed by atoms with Crippen molar-refractivity contribution >= 4 is 29.9 Å². The molecule has 2 heterocycles. The highest BCUT2D eigenvalue weighted by Crippen LogP contribution is 2.27. The molecule has 2 saturated heterocycles. The topological polar surface area (TPSA) is 52.1 Å². The van der Waals surface area contributed by atoms with Crippen molar-refractivity contribution in [2.24, 2.45) is 4.99 Å². The Balaban J connectivity index is 0.00000300. The molecule has 7 heteroatoms. The second-order valence-electron chi connectivity index (χ2n) is 9.17. The number of hydrogen-bond acceptors (Lipinski definition) is 4.